The first-order valence-corrected chi connectivity index (χ1v) is 11.8. The molecule has 2 aliphatic rings. The first kappa shape index (κ1) is 21.7. The summed E-state index contributed by atoms with van der Waals surface area (Å²) in [6, 6.07) is 18.0. The number of rotatable bonds is 9. The summed E-state index contributed by atoms with van der Waals surface area (Å²) in [5.74, 6) is 0.554. The van der Waals surface area contributed by atoms with Gasteiger partial charge in [-0.05, 0) is 36.6 Å². The zero-order valence-electron chi connectivity index (χ0n) is 17.8. The molecule has 0 radical (unpaired) electrons. The normalized spacial score (nSPS) is 19.9. The van der Waals surface area contributed by atoms with Crippen LogP contribution in [0.5, 0.6) is 0 Å². The monoisotopic (exact) mass is 427 g/mol. The van der Waals surface area contributed by atoms with Gasteiger partial charge < -0.3 is 25.0 Å². The van der Waals surface area contributed by atoms with Gasteiger partial charge in [-0.25, -0.2) is 0 Å². The Morgan fingerprint density at radius 1 is 1.07 bits per heavy atom. The molecule has 2 aromatic rings. The van der Waals surface area contributed by atoms with E-state index in [0.29, 0.717) is 25.2 Å². The third-order valence-electron chi connectivity index (χ3n) is 5.78. The summed E-state index contributed by atoms with van der Waals surface area (Å²) in [6.45, 7) is 8.93. The smallest absolute Gasteiger partial charge is 0.0697 e. The molecule has 0 aromatic heterocycles. The van der Waals surface area contributed by atoms with Crippen LogP contribution in [-0.2, 0) is 4.74 Å². The fraction of sp³-hybridized carbons (Fsp3) is 0.500. The topological polar surface area (TPSA) is 48.0 Å². The zero-order chi connectivity index (χ0) is 20.8. The minimum atomic E-state index is 0.100. The molecule has 6 heteroatoms. The molecule has 2 N–H and O–H groups in total. The van der Waals surface area contributed by atoms with Gasteiger partial charge in [-0.3, -0.25) is 0 Å². The van der Waals surface area contributed by atoms with Crippen LogP contribution in [0.2, 0.25) is 0 Å². The lowest BCUT2D eigenvalue weighted by Gasteiger charge is -2.38. The van der Waals surface area contributed by atoms with Crippen molar-refractivity contribution in [3.63, 3.8) is 0 Å². The van der Waals surface area contributed by atoms with Crippen molar-refractivity contribution in [3.05, 3.63) is 48.5 Å². The lowest BCUT2D eigenvalue weighted by Crippen LogP contribution is -2.52. The van der Waals surface area contributed by atoms with E-state index in [0.717, 1.165) is 39.1 Å². The number of hydrogen-bond acceptors (Lipinski definition) is 6. The van der Waals surface area contributed by atoms with Gasteiger partial charge in [0.2, 0.25) is 0 Å². The van der Waals surface area contributed by atoms with Gasteiger partial charge in [0.25, 0.3) is 0 Å². The third kappa shape index (κ3) is 5.37. The molecule has 0 aliphatic carbocycles. The van der Waals surface area contributed by atoms with Crippen molar-refractivity contribution >= 4 is 23.1 Å². The Hall–Kier alpha value is -1.57. The first-order valence-electron chi connectivity index (χ1n) is 11.0. The highest BCUT2D eigenvalue weighted by molar-refractivity contribution is 7.99. The summed E-state index contributed by atoms with van der Waals surface area (Å²) in [6.07, 6.45) is 0.995. The van der Waals surface area contributed by atoms with Crippen molar-refractivity contribution < 1.29 is 9.84 Å². The van der Waals surface area contributed by atoms with Crippen LogP contribution in [0.15, 0.2) is 58.3 Å². The summed E-state index contributed by atoms with van der Waals surface area (Å²) in [4.78, 5) is 7.78. The number of aliphatic hydroxyl groups is 1. The van der Waals surface area contributed by atoms with Crippen LogP contribution in [0.25, 0.3) is 0 Å². The molecule has 0 spiro atoms. The highest BCUT2D eigenvalue weighted by Gasteiger charge is 2.26. The Labute approximate surface area is 184 Å². The number of nitrogens with one attached hydrogen (secondary N) is 1. The molecule has 2 heterocycles. The molecule has 2 aromatic carbocycles. The second-order valence-electron chi connectivity index (χ2n) is 8.29. The maximum atomic E-state index is 8.85. The van der Waals surface area contributed by atoms with Crippen LogP contribution in [0.4, 0.5) is 11.4 Å². The van der Waals surface area contributed by atoms with Crippen LogP contribution >= 0.6 is 11.8 Å². The average molecular weight is 428 g/mol. The Morgan fingerprint density at radius 2 is 1.77 bits per heavy atom. The number of anilines is 2. The van der Waals surface area contributed by atoms with E-state index in [-0.39, 0.29) is 6.61 Å². The molecule has 0 amide bonds. The summed E-state index contributed by atoms with van der Waals surface area (Å²) < 4.78 is 5.45. The van der Waals surface area contributed by atoms with E-state index >= 15 is 0 Å². The number of benzene rings is 2. The first-order chi connectivity index (χ1) is 14.7. The molecule has 2 atom stereocenters. The summed E-state index contributed by atoms with van der Waals surface area (Å²) in [5.41, 5.74) is 2.65. The van der Waals surface area contributed by atoms with Crippen LogP contribution in [0, 0.1) is 5.92 Å². The van der Waals surface area contributed by atoms with Crippen molar-refractivity contribution in [3.8, 4) is 0 Å². The van der Waals surface area contributed by atoms with Crippen molar-refractivity contribution in [1.82, 2.24) is 10.2 Å². The van der Waals surface area contributed by atoms with Crippen molar-refractivity contribution in [2.45, 2.75) is 29.2 Å². The number of ether oxygens (including phenoxy) is 1. The molecule has 5 nitrogen and oxygen atoms in total. The minimum Gasteiger partial charge on any atom is -0.394 e. The molecule has 30 heavy (non-hydrogen) atoms. The summed E-state index contributed by atoms with van der Waals surface area (Å²) in [5, 5.41) is 12.5. The maximum absolute atomic E-state index is 8.85. The van der Waals surface area contributed by atoms with Gasteiger partial charge in [-0.2, -0.15) is 0 Å². The van der Waals surface area contributed by atoms with Crippen LogP contribution in [-0.4, -0.2) is 68.6 Å². The lowest BCUT2D eigenvalue weighted by atomic mass is 10.1. The molecule has 162 valence electrons. The second-order valence-corrected chi connectivity index (χ2v) is 9.37. The van der Waals surface area contributed by atoms with Crippen molar-refractivity contribution in [2.24, 2.45) is 5.92 Å². The third-order valence-corrected chi connectivity index (χ3v) is 6.91. The quantitative estimate of drug-likeness (QED) is 0.597. The molecule has 0 bridgehead atoms. The van der Waals surface area contributed by atoms with Crippen LogP contribution < -0.4 is 10.2 Å². The number of hydrogen-bond donors (Lipinski definition) is 2. The number of aliphatic hydroxyl groups excluding tert-OH is 1. The average Bonchev–Trinajstić information content (AvgIpc) is 2.77. The van der Waals surface area contributed by atoms with E-state index < -0.39 is 0 Å². The predicted octanol–water partition coefficient (Wildman–Crippen LogP) is 3.60. The maximum Gasteiger partial charge on any atom is 0.0697 e. The largest absolute Gasteiger partial charge is 0.394 e. The standard InChI is InChI=1S/C24H33N3O2S/c1-19(16-26-12-11-25-20(18-26)10-14-29-15-13-28)17-27-21-6-2-4-8-23(21)30-24-9-5-3-7-22(24)27/h2-9,19-20,25,28H,10-18H2,1H3. The Kier molecular flexibility index (Phi) is 7.68. The Morgan fingerprint density at radius 3 is 2.47 bits per heavy atom. The fourth-order valence-corrected chi connectivity index (χ4v) is 5.53. The van der Waals surface area contributed by atoms with Crippen molar-refractivity contribution in [2.75, 3.05) is 57.4 Å². The van der Waals surface area contributed by atoms with E-state index in [1.165, 1.54) is 21.2 Å². The Bertz CT molecular complexity index is 773. The predicted molar refractivity (Wildman–Crippen MR) is 124 cm³/mol. The van der Waals surface area contributed by atoms with Gasteiger partial charge in [0.15, 0.2) is 0 Å². The SMILES string of the molecule is CC(CN1CCNC(CCOCCO)C1)CN1c2ccccc2Sc2ccccc21. The molecule has 0 saturated carbocycles. The summed E-state index contributed by atoms with van der Waals surface area (Å²) in [7, 11) is 0. The second kappa shape index (κ2) is 10.6. The van der Waals surface area contributed by atoms with Gasteiger partial charge in [-0.1, -0.05) is 43.0 Å². The zero-order valence-corrected chi connectivity index (χ0v) is 18.6. The molecule has 2 aliphatic heterocycles. The minimum absolute atomic E-state index is 0.100. The highest BCUT2D eigenvalue weighted by atomic mass is 32.2. The number of nitrogens with zero attached hydrogens (tertiary/aromatic N) is 2. The molecule has 1 saturated heterocycles. The van der Waals surface area contributed by atoms with E-state index in [2.05, 4.69) is 70.6 Å². The van der Waals surface area contributed by atoms with Gasteiger partial charge >= 0.3 is 0 Å². The molecule has 1 fully saturated rings. The van der Waals surface area contributed by atoms with E-state index in [4.69, 9.17) is 9.84 Å². The van der Waals surface area contributed by atoms with Gasteiger partial charge in [0.1, 0.15) is 0 Å². The van der Waals surface area contributed by atoms with Gasteiger partial charge in [-0.15, -0.1) is 0 Å². The van der Waals surface area contributed by atoms with E-state index in [1.807, 2.05) is 11.8 Å². The van der Waals surface area contributed by atoms with Crippen LogP contribution in [0.1, 0.15) is 13.3 Å². The summed E-state index contributed by atoms with van der Waals surface area (Å²) >= 11 is 1.87. The fourth-order valence-electron chi connectivity index (χ4n) is 4.43. The van der Waals surface area contributed by atoms with Crippen molar-refractivity contribution in [1.29, 1.82) is 0 Å². The number of piperazine rings is 1. The van der Waals surface area contributed by atoms with E-state index in [9.17, 15) is 0 Å². The lowest BCUT2D eigenvalue weighted by molar-refractivity contribution is 0.0774. The molecular weight excluding hydrogens is 394 g/mol. The van der Waals surface area contributed by atoms with Gasteiger partial charge in [0.05, 0.1) is 24.6 Å². The highest BCUT2D eigenvalue weighted by Crippen LogP contribution is 2.48. The van der Waals surface area contributed by atoms with E-state index in [1.54, 1.807) is 0 Å². The molecular formula is C24H33N3O2S. The number of fused-ring (bicyclic) bond motifs is 2. The Balaban J connectivity index is 1.37. The molecule has 2 unspecified atom stereocenters. The van der Waals surface area contributed by atoms with Crippen LogP contribution in [0.3, 0.4) is 0 Å². The number of para-hydroxylation sites is 2. The van der Waals surface area contributed by atoms with Gasteiger partial charge in [0, 0.05) is 55.2 Å². The molecule has 4 rings (SSSR count).